The van der Waals surface area contributed by atoms with Gasteiger partial charge in [-0.25, -0.2) is 0 Å². The summed E-state index contributed by atoms with van der Waals surface area (Å²) in [5, 5.41) is 0. The van der Waals surface area contributed by atoms with E-state index in [1.165, 1.54) is 46.2 Å². The van der Waals surface area contributed by atoms with Gasteiger partial charge in [-0.05, 0) is 65.0 Å². The molecule has 1 heterocycles. The fraction of sp³-hybridized carbons (Fsp3) is 0.346. The van der Waals surface area contributed by atoms with Crippen LogP contribution in [0.4, 0.5) is 0 Å². The fourth-order valence-electron chi connectivity index (χ4n) is 4.38. The summed E-state index contributed by atoms with van der Waals surface area (Å²) in [6.45, 7) is 11.7. The van der Waals surface area contributed by atoms with E-state index in [9.17, 15) is 0 Å². The van der Waals surface area contributed by atoms with Crippen molar-refractivity contribution in [2.45, 2.75) is 58.3 Å². The van der Waals surface area contributed by atoms with E-state index in [2.05, 4.69) is 89.2 Å². The Kier molecular flexibility index (Phi) is 4.22. The van der Waals surface area contributed by atoms with E-state index >= 15 is 0 Å². The molecular weight excluding hydrogens is 326 g/mol. The number of aryl methyl sites for hydroxylation is 1. The van der Waals surface area contributed by atoms with Crippen LogP contribution in [-0.2, 0) is 10.8 Å². The van der Waals surface area contributed by atoms with Crippen molar-refractivity contribution in [3.63, 3.8) is 0 Å². The SMILES string of the molecule is Cc1cc(-c2ccc3c(c2)C(C)(C)CCC3(C)C)ncc1-c1ccccc1. The number of hydrogen-bond acceptors (Lipinski definition) is 1. The first-order chi connectivity index (χ1) is 12.8. The molecular formula is C26H29N. The highest BCUT2D eigenvalue weighted by atomic mass is 14.7. The molecule has 0 atom stereocenters. The molecule has 0 aliphatic heterocycles. The monoisotopic (exact) mass is 355 g/mol. The van der Waals surface area contributed by atoms with Crippen molar-refractivity contribution in [3.8, 4) is 22.4 Å². The first-order valence-corrected chi connectivity index (χ1v) is 9.95. The zero-order valence-corrected chi connectivity index (χ0v) is 17.1. The van der Waals surface area contributed by atoms with E-state index in [0.29, 0.717) is 0 Å². The van der Waals surface area contributed by atoms with Crippen LogP contribution in [0.2, 0.25) is 0 Å². The van der Waals surface area contributed by atoms with Crippen molar-refractivity contribution in [3.05, 3.63) is 77.5 Å². The topological polar surface area (TPSA) is 12.9 Å². The Morgan fingerprint density at radius 3 is 2.07 bits per heavy atom. The summed E-state index contributed by atoms with van der Waals surface area (Å²) >= 11 is 0. The van der Waals surface area contributed by atoms with Crippen molar-refractivity contribution in [2.75, 3.05) is 0 Å². The molecule has 0 bridgehead atoms. The standard InChI is InChI=1S/C26H29N/c1-18-15-24(27-17-21(18)19-9-7-6-8-10-19)20-11-12-22-23(16-20)26(4,5)14-13-25(22,2)3/h6-12,15-17H,13-14H2,1-5H3. The Hall–Kier alpha value is -2.41. The van der Waals surface area contributed by atoms with Gasteiger partial charge in [-0.1, -0.05) is 70.2 Å². The molecule has 0 spiro atoms. The number of hydrogen-bond donors (Lipinski definition) is 0. The number of nitrogens with zero attached hydrogens (tertiary/aromatic N) is 1. The second-order valence-electron chi connectivity index (χ2n) is 9.28. The minimum absolute atomic E-state index is 0.222. The summed E-state index contributed by atoms with van der Waals surface area (Å²) in [4.78, 5) is 4.82. The average molecular weight is 356 g/mol. The number of fused-ring (bicyclic) bond motifs is 1. The predicted molar refractivity (Wildman–Crippen MR) is 115 cm³/mol. The molecule has 1 nitrogen and oxygen atoms in total. The van der Waals surface area contributed by atoms with Gasteiger partial charge in [-0.3, -0.25) is 4.98 Å². The van der Waals surface area contributed by atoms with E-state index in [1.54, 1.807) is 0 Å². The van der Waals surface area contributed by atoms with Crippen molar-refractivity contribution in [1.82, 2.24) is 4.98 Å². The molecule has 1 aliphatic carbocycles. The molecule has 138 valence electrons. The third-order valence-corrected chi connectivity index (χ3v) is 6.34. The Labute approximate surface area is 163 Å². The summed E-state index contributed by atoms with van der Waals surface area (Å²) in [5.74, 6) is 0. The van der Waals surface area contributed by atoms with Crippen LogP contribution in [0.5, 0.6) is 0 Å². The van der Waals surface area contributed by atoms with E-state index < -0.39 is 0 Å². The van der Waals surface area contributed by atoms with Gasteiger partial charge in [0.15, 0.2) is 0 Å². The molecule has 1 aromatic heterocycles. The lowest BCUT2D eigenvalue weighted by Gasteiger charge is -2.42. The first kappa shape index (κ1) is 18.0. The Morgan fingerprint density at radius 2 is 1.41 bits per heavy atom. The zero-order valence-electron chi connectivity index (χ0n) is 17.1. The van der Waals surface area contributed by atoms with E-state index in [1.807, 2.05) is 6.20 Å². The Bertz CT molecular complexity index is 980. The van der Waals surface area contributed by atoms with Crippen LogP contribution in [0.25, 0.3) is 22.4 Å². The van der Waals surface area contributed by atoms with Crippen molar-refractivity contribution in [2.24, 2.45) is 0 Å². The molecule has 4 rings (SSSR count). The predicted octanol–water partition coefficient (Wildman–Crippen LogP) is 7.07. The molecule has 27 heavy (non-hydrogen) atoms. The molecule has 1 aliphatic rings. The van der Waals surface area contributed by atoms with Gasteiger partial charge < -0.3 is 0 Å². The average Bonchev–Trinajstić information content (AvgIpc) is 2.66. The molecule has 1 heteroatoms. The largest absolute Gasteiger partial charge is 0.256 e. The number of rotatable bonds is 2. The van der Waals surface area contributed by atoms with E-state index in [0.717, 1.165) is 5.69 Å². The highest BCUT2D eigenvalue weighted by Crippen LogP contribution is 2.46. The van der Waals surface area contributed by atoms with Gasteiger partial charge in [0.05, 0.1) is 5.69 Å². The van der Waals surface area contributed by atoms with Gasteiger partial charge in [-0.2, -0.15) is 0 Å². The second-order valence-corrected chi connectivity index (χ2v) is 9.28. The lowest BCUT2D eigenvalue weighted by atomic mass is 9.63. The van der Waals surface area contributed by atoms with Gasteiger partial charge in [-0.15, -0.1) is 0 Å². The lowest BCUT2D eigenvalue weighted by molar-refractivity contribution is 0.332. The van der Waals surface area contributed by atoms with Gasteiger partial charge in [0.1, 0.15) is 0 Å². The highest BCUT2D eigenvalue weighted by Gasteiger charge is 2.37. The van der Waals surface area contributed by atoms with Gasteiger partial charge in [0.2, 0.25) is 0 Å². The quantitative estimate of drug-likeness (QED) is 0.479. The van der Waals surface area contributed by atoms with Gasteiger partial charge >= 0.3 is 0 Å². The number of pyridine rings is 1. The second kappa shape index (κ2) is 6.34. The minimum Gasteiger partial charge on any atom is -0.256 e. The third kappa shape index (κ3) is 3.20. The fourth-order valence-corrected chi connectivity index (χ4v) is 4.38. The van der Waals surface area contributed by atoms with Gasteiger partial charge in [0.25, 0.3) is 0 Å². The molecule has 0 amide bonds. The van der Waals surface area contributed by atoms with Crippen LogP contribution in [0.15, 0.2) is 60.8 Å². The van der Waals surface area contributed by atoms with Crippen molar-refractivity contribution < 1.29 is 0 Å². The maximum absolute atomic E-state index is 4.82. The van der Waals surface area contributed by atoms with E-state index in [-0.39, 0.29) is 10.8 Å². The maximum Gasteiger partial charge on any atom is 0.0705 e. The molecule has 3 aromatic rings. The summed E-state index contributed by atoms with van der Waals surface area (Å²) in [5.41, 5.74) is 9.45. The van der Waals surface area contributed by atoms with Gasteiger partial charge in [0, 0.05) is 17.3 Å². The molecule has 0 unspecified atom stereocenters. The van der Waals surface area contributed by atoms with Crippen molar-refractivity contribution >= 4 is 0 Å². The van der Waals surface area contributed by atoms with E-state index in [4.69, 9.17) is 4.98 Å². The van der Waals surface area contributed by atoms with Crippen molar-refractivity contribution in [1.29, 1.82) is 0 Å². The zero-order chi connectivity index (χ0) is 19.2. The third-order valence-electron chi connectivity index (χ3n) is 6.34. The molecule has 0 N–H and O–H groups in total. The molecule has 0 saturated heterocycles. The minimum atomic E-state index is 0.222. The Balaban J connectivity index is 1.78. The maximum atomic E-state index is 4.82. The molecule has 0 saturated carbocycles. The van der Waals surface area contributed by atoms with Crippen LogP contribution < -0.4 is 0 Å². The van der Waals surface area contributed by atoms with Crippen LogP contribution in [-0.4, -0.2) is 4.98 Å². The highest BCUT2D eigenvalue weighted by molar-refractivity contribution is 5.71. The summed E-state index contributed by atoms with van der Waals surface area (Å²) in [6, 6.07) is 19.7. The Morgan fingerprint density at radius 1 is 0.741 bits per heavy atom. The van der Waals surface area contributed by atoms with Crippen LogP contribution in [0, 0.1) is 6.92 Å². The summed E-state index contributed by atoms with van der Waals surface area (Å²) in [6.07, 6.45) is 4.50. The number of benzene rings is 2. The summed E-state index contributed by atoms with van der Waals surface area (Å²) < 4.78 is 0. The normalized spacial score (nSPS) is 17.4. The lowest BCUT2D eigenvalue weighted by Crippen LogP contribution is -2.33. The smallest absolute Gasteiger partial charge is 0.0705 e. The van der Waals surface area contributed by atoms with Crippen LogP contribution >= 0.6 is 0 Å². The molecule has 0 fully saturated rings. The summed E-state index contributed by atoms with van der Waals surface area (Å²) in [7, 11) is 0. The molecule has 0 radical (unpaired) electrons. The van der Waals surface area contributed by atoms with Crippen LogP contribution in [0.1, 0.15) is 57.2 Å². The first-order valence-electron chi connectivity index (χ1n) is 9.95. The van der Waals surface area contributed by atoms with Crippen LogP contribution in [0.3, 0.4) is 0 Å². The molecule has 2 aromatic carbocycles. The number of aromatic nitrogens is 1.